The average molecular weight is 424 g/mol. The van der Waals surface area contributed by atoms with Crippen molar-refractivity contribution in [3.8, 4) is 22.3 Å². The van der Waals surface area contributed by atoms with Crippen molar-refractivity contribution in [3.05, 3.63) is 144 Å². The van der Waals surface area contributed by atoms with E-state index >= 15 is 0 Å². The average Bonchev–Trinajstić information content (AvgIpc) is 3.16. The van der Waals surface area contributed by atoms with Gasteiger partial charge in [0.15, 0.2) is 0 Å². The quantitative estimate of drug-likeness (QED) is 0.306. The zero-order chi connectivity index (χ0) is 22.3. The summed E-state index contributed by atoms with van der Waals surface area (Å²) in [6.07, 6.45) is 0. The molecule has 5 aromatic rings. The first kappa shape index (κ1) is 19.6. The van der Waals surface area contributed by atoms with Crippen LogP contribution in [0.15, 0.2) is 127 Å². The van der Waals surface area contributed by atoms with Crippen LogP contribution in [0, 0.1) is 0 Å². The lowest BCUT2D eigenvalue weighted by Gasteiger charge is -2.30. The molecular weight excluding hydrogens is 398 g/mol. The van der Waals surface area contributed by atoms with Crippen LogP contribution in [-0.4, -0.2) is 0 Å². The Bertz CT molecular complexity index is 1420. The van der Waals surface area contributed by atoms with Gasteiger partial charge in [-0.05, 0) is 70.1 Å². The van der Waals surface area contributed by atoms with E-state index in [-0.39, 0.29) is 5.41 Å². The molecule has 5 aromatic carbocycles. The van der Waals surface area contributed by atoms with E-state index in [1.54, 1.807) is 0 Å². The number of benzene rings is 5. The van der Waals surface area contributed by atoms with Gasteiger partial charge in [-0.1, -0.05) is 103 Å². The smallest absolute Gasteiger partial charge is 0.0441 e. The second-order valence-electron chi connectivity index (χ2n) is 8.83. The molecule has 0 spiro atoms. The summed E-state index contributed by atoms with van der Waals surface area (Å²) in [5.74, 6) is 0. The van der Waals surface area contributed by atoms with Crippen molar-refractivity contribution in [2.75, 3.05) is 5.32 Å². The minimum atomic E-state index is -0.204. The van der Waals surface area contributed by atoms with E-state index in [0.29, 0.717) is 0 Å². The summed E-state index contributed by atoms with van der Waals surface area (Å²) in [4.78, 5) is 0. The van der Waals surface area contributed by atoms with Crippen LogP contribution in [0.25, 0.3) is 22.3 Å². The van der Waals surface area contributed by atoms with Crippen LogP contribution in [-0.2, 0) is 5.41 Å². The standard InChI is InChI=1S/C32H25N/c1-32(24-11-4-2-5-12-24)30-18-9-8-15-28(30)29-17-10-16-27(31(29)32)23-19-21-26(22-20-23)33-25-13-6-3-7-14-25/h2-22,33H,1H3. The first-order chi connectivity index (χ1) is 16.2. The third-order valence-corrected chi connectivity index (χ3v) is 6.93. The summed E-state index contributed by atoms with van der Waals surface area (Å²) in [6, 6.07) is 45.6. The molecule has 1 aliphatic carbocycles. The van der Waals surface area contributed by atoms with Crippen molar-refractivity contribution in [1.82, 2.24) is 0 Å². The highest BCUT2D eigenvalue weighted by molar-refractivity contribution is 5.90. The first-order valence-electron chi connectivity index (χ1n) is 11.5. The normalized spacial score (nSPS) is 16.2. The summed E-state index contributed by atoms with van der Waals surface area (Å²) in [5.41, 5.74) is 11.3. The Morgan fingerprint density at radius 2 is 1.06 bits per heavy atom. The van der Waals surface area contributed by atoms with Crippen molar-refractivity contribution in [1.29, 1.82) is 0 Å². The van der Waals surface area contributed by atoms with Crippen LogP contribution in [0.3, 0.4) is 0 Å². The number of para-hydroxylation sites is 1. The van der Waals surface area contributed by atoms with Crippen molar-refractivity contribution >= 4 is 11.4 Å². The Hall–Kier alpha value is -4.10. The molecule has 0 heterocycles. The van der Waals surface area contributed by atoms with Gasteiger partial charge in [0.25, 0.3) is 0 Å². The molecule has 0 saturated carbocycles. The van der Waals surface area contributed by atoms with Crippen LogP contribution < -0.4 is 5.32 Å². The molecule has 1 atom stereocenters. The van der Waals surface area contributed by atoms with E-state index in [0.717, 1.165) is 11.4 Å². The van der Waals surface area contributed by atoms with Gasteiger partial charge in [-0.25, -0.2) is 0 Å². The van der Waals surface area contributed by atoms with Gasteiger partial charge in [-0.3, -0.25) is 0 Å². The van der Waals surface area contributed by atoms with Crippen LogP contribution in [0.2, 0.25) is 0 Å². The van der Waals surface area contributed by atoms with Crippen LogP contribution in [0.4, 0.5) is 11.4 Å². The Morgan fingerprint density at radius 1 is 0.485 bits per heavy atom. The van der Waals surface area contributed by atoms with Gasteiger partial charge in [-0.15, -0.1) is 0 Å². The minimum Gasteiger partial charge on any atom is -0.356 e. The van der Waals surface area contributed by atoms with Crippen molar-refractivity contribution < 1.29 is 0 Å². The second kappa shape index (κ2) is 7.79. The summed E-state index contributed by atoms with van der Waals surface area (Å²) < 4.78 is 0. The highest BCUT2D eigenvalue weighted by Gasteiger charge is 2.42. The Labute approximate surface area is 195 Å². The molecule has 1 unspecified atom stereocenters. The number of hydrogen-bond acceptors (Lipinski definition) is 1. The zero-order valence-electron chi connectivity index (χ0n) is 18.6. The summed E-state index contributed by atoms with van der Waals surface area (Å²) in [6.45, 7) is 2.38. The highest BCUT2D eigenvalue weighted by atomic mass is 14.9. The second-order valence-corrected chi connectivity index (χ2v) is 8.83. The molecule has 0 amide bonds. The number of anilines is 2. The summed E-state index contributed by atoms with van der Waals surface area (Å²) >= 11 is 0. The monoisotopic (exact) mass is 423 g/mol. The van der Waals surface area contributed by atoms with Crippen molar-refractivity contribution in [2.24, 2.45) is 0 Å². The molecule has 33 heavy (non-hydrogen) atoms. The molecule has 0 aromatic heterocycles. The first-order valence-corrected chi connectivity index (χ1v) is 11.5. The summed E-state index contributed by atoms with van der Waals surface area (Å²) in [7, 11) is 0. The fourth-order valence-corrected chi connectivity index (χ4v) is 5.34. The van der Waals surface area contributed by atoms with Crippen LogP contribution in [0.5, 0.6) is 0 Å². The minimum absolute atomic E-state index is 0.204. The van der Waals surface area contributed by atoms with Gasteiger partial charge in [-0.2, -0.15) is 0 Å². The predicted octanol–water partition coefficient (Wildman–Crippen LogP) is 8.43. The fraction of sp³-hybridized carbons (Fsp3) is 0.0625. The third-order valence-electron chi connectivity index (χ3n) is 6.93. The molecule has 1 aliphatic rings. The van der Waals surface area contributed by atoms with Crippen LogP contribution >= 0.6 is 0 Å². The van der Waals surface area contributed by atoms with Gasteiger partial charge >= 0.3 is 0 Å². The summed E-state index contributed by atoms with van der Waals surface area (Å²) in [5, 5.41) is 3.49. The topological polar surface area (TPSA) is 12.0 Å². The SMILES string of the molecule is CC1(c2ccccc2)c2ccccc2-c2cccc(-c3ccc(Nc4ccccc4)cc3)c21. The van der Waals surface area contributed by atoms with E-state index in [4.69, 9.17) is 0 Å². The molecule has 158 valence electrons. The molecule has 0 radical (unpaired) electrons. The lowest BCUT2D eigenvalue weighted by molar-refractivity contribution is 0.716. The lowest BCUT2D eigenvalue weighted by atomic mass is 9.72. The number of rotatable bonds is 4. The van der Waals surface area contributed by atoms with E-state index in [9.17, 15) is 0 Å². The maximum Gasteiger partial charge on any atom is 0.0441 e. The third kappa shape index (κ3) is 3.16. The van der Waals surface area contributed by atoms with E-state index in [2.05, 4.69) is 121 Å². The molecule has 1 N–H and O–H groups in total. The van der Waals surface area contributed by atoms with E-state index in [1.807, 2.05) is 18.2 Å². The van der Waals surface area contributed by atoms with Gasteiger partial charge in [0.2, 0.25) is 0 Å². The largest absolute Gasteiger partial charge is 0.356 e. The highest BCUT2D eigenvalue weighted by Crippen LogP contribution is 2.55. The molecule has 1 nitrogen and oxygen atoms in total. The van der Waals surface area contributed by atoms with Gasteiger partial charge in [0.1, 0.15) is 0 Å². The molecule has 6 rings (SSSR count). The molecule has 0 aliphatic heterocycles. The van der Waals surface area contributed by atoms with Crippen LogP contribution in [0.1, 0.15) is 23.6 Å². The van der Waals surface area contributed by atoms with Crippen molar-refractivity contribution in [3.63, 3.8) is 0 Å². The molecular formula is C32H25N. The lowest BCUT2D eigenvalue weighted by Crippen LogP contribution is -2.23. The van der Waals surface area contributed by atoms with Gasteiger partial charge in [0, 0.05) is 16.8 Å². The maximum absolute atomic E-state index is 3.49. The Kier molecular flexibility index (Phi) is 4.62. The van der Waals surface area contributed by atoms with Gasteiger partial charge < -0.3 is 5.32 Å². The molecule has 0 bridgehead atoms. The Balaban J connectivity index is 1.49. The Morgan fingerprint density at radius 3 is 1.82 bits per heavy atom. The van der Waals surface area contributed by atoms with E-state index in [1.165, 1.54) is 38.9 Å². The maximum atomic E-state index is 3.49. The number of fused-ring (bicyclic) bond motifs is 3. The molecule has 0 fully saturated rings. The predicted molar refractivity (Wildman–Crippen MR) is 139 cm³/mol. The van der Waals surface area contributed by atoms with E-state index < -0.39 is 0 Å². The van der Waals surface area contributed by atoms with Gasteiger partial charge in [0.05, 0.1) is 0 Å². The number of nitrogens with one attached hydrogen (secondary N) is 1. The zero-order valence-corrected chi connectivity index (χ0v) is 18.6. The fourth-order valence-electron chi connectivity index (χ4n) is 5.34. The number of hydrogen-bond donors (Lipinski definition) is 1. The molecule has 1 heteroatoms. The molecule has 0 saturated heterocycles. The van der Waals surface area contributed by atoms with Crippen molar-refractivity contribution in [2.45, 2.75) is 12.3 Å².